The third-order valence-corrected chi connectivity index (χ3v) is 3.51. The predicted molar refractivity (Wildman–Crippen MR) is 96.1 cm³/mol. The Kier molecular flexibility index (Phi) is 16.7. The monoisotopic (exact) mass is 306 g/mol. The first-order valence-electron chi connectivity index (χ1n) is 8.94. The lowest BCUT2D eigenvalue weighted by atomic mass is 10.1. The first-order chi connectivity index (χ1) is 10.8. The Balaban J connectivity index is 3.27. The fraction of sp³-hybridized carbons (Fsp3) is 0.650. The zero-order chi connectivity index (χ0) is 16.3. The van der Waals surface area contributed by atoms with Crippen LogP contribution in [0, 0.1) is 0 Å². The second kappa shape index (κ2) is 17.7. The van der Waals surface area contributed by atoms with Crippen molar-refractivity contribution in [3.63, 3.8) is 0 Å². The number of aliphatic carboxylic acids is 1. The van der Waals surface area contributed by atoms with Crippen molar-refractivity contribution in [1.29, 1.82) is 0 Å². The molecule has 0 spiro atoms. The Morgan fingerprint density at radius 1 is 0.727 bits per heavy atom. The molecule has 2 heteroatoms. The average molecular weight is 306 g/mol. The molecular weight excluding hydrogens is 272 g/mol. The van der Waals surface area contributed by atoms with Crippen LogP contribution in [0.1, 0.15) is 84.0 Å². The highest BCUT2D eigenvalue weighted by Gasteiger charge is 1.95. The molecule has 0 radical (unpaired) electrons. The molecule has 0 amide bonds. The minimum Gasteiger partial charge on any atom is -0.481 e. The zero-order valence-corrected chi connectivity index (χ0v) is 14.3. The van der Waals surface area contributed by atoms with E-state index in [9.17, 15) is 4.79 Å². The number of carboxylic acids is 1. The van der Waals surface area contributed by atoms with Gasteiger partial charge in [0.15, 0.2) is 0 Å². The summed E-state index contributed by atoms with van der Waals surface area (Å²) >= 11 is 0. The van der Waals surface area contributed by atoms with Gasteiger partial charge in [-0.05, 0) is 44.9 Å². The molecular formula is C20H34O2. The number of carboxylic acid groups (broad SMARTS) is 1. The first kappa shape index (κ1) is 20.7. The lowest BCUT2D eigenvalue weighted by molar-refractivity contribution is -0.137. The summed E-state index contributed by atoms with van der Waals surface area (Å²) in [7, 11) is 0. The van der Waals surface area contributed by atoms with Crippen LogP contribution in [0.3, 0.4) is 0 Å². The smallest absolute Gasteiger partial charge is 0.303 e. The molecule has 126 valence electrons. The van der Waals surface area contributed by atoms with Gasteiger partial charge in [-0.25, -0.2) is 0 Å². The van der Waals surface area contributed by atoms with Crippen LogP contribution in [-0.4, -0.2) is 11.1 Å². The number of hydrogen-bond donors (Lipinski definition) is 1. The van der Waals surface area contributed by atoms with Crippen LogP contribution in [0.25, 0.3) is 0 Å². The molecule has 22 heavy (non-hydrogen) atoms. The summed E-state index contributed by atoms with van der Waals surface area (Å²) < 4.78 is 0. The summed E-state index contributed by atoms with van der Waals surface area (Å²) in [6.07, 6.45) is 26.3. The van der Waals surface area contributed by atoms with E-state index in [0.717, 1.165) is 44.9 Å². The second-order valence-corrected chi connectivity index (χ2v) is 5.72. The van der Waals surface area contributed by atoms with Gasteiger partial charge in [0, 0.05) is 6.42 Å². The van der Waals surface area contributed by atoms with Gasteiger partial charge in [0.2, 0.25) is 0 Å². The maximum absolute atomic E-state index is 10.3. The Morgan fingerprint density at radius 2 is 1.27 bits per heavy atom. The largest absolute Gasteiger partial charge is 0.481 e. The van der Waals surface area contributed by atoms with Gasteiger partial charge in [-0.15, -0.1) is 0 Å². The topological polar surface area (TPSA) is 37.3 Å². The van der Waals surface area contributed by atoms with E-state index in [1.807, 2.05) is 0 Å². The van der Waals surface area contributed by atoms with Crippen molar-refractivity contribution in [1.82, 2.24) is 0 Å². The van der Waals surface area contributed by atoms with E-state index in [4.69, 9.17) is 5.11 Å². The number of unbranched alkanes of at least 4 members (excludes halogenated alkanes) is 7. The van der Waals surface area contributed by atoms with Gasteiger partial charge < -0.3 is 5.11 Å². The number of hydrogen-bond acceptors (Lipinski definition) is 1. The van der Waals surface area contributed by atoms with Gasteiger partial charge in [-0.3, -0.25) is 4.79 Å². The summed E-state index contributed by atoms with van der Waals surface area (Å²) in [4.78, 5) is 10.3. The van der Waals surface area contributed by atoms with E-state index in [0.29, 0.717) is 6.42 Å². The van der Waals surface area contributed by atoms with Crippen molar-refractivity contribution in [3.8, 4) is 0 Å². The van der Waals surface area contributed by atoms with E-state index in [1.54, 1.807) is 0 Å². The van der Waals surface area contributed by atoms with Crippen LogP contribution in [0.2, 0.25) is 0 Å². The third-order valence-electron chi connectivity index (χ3n) is 3.51. The molecule has 0 rings (SSSR count). The van der Waals surface area contributed by atoms with Gasteiger partial charge >= 0.3 is 5.97 Å². The zero-order valence-electron chi connectivity index (χ0n) is 14.3. The molecule has 0 aromatic heterocycles. The first-order valence-corrected chi connectivity index (χ1v) is 8.94. The molecule has 1 N–H and O–H groups in total. The summed E-state index contributed by atoms with van der Waals surface area (Å²) in [6.45, 7) is 2.23. The molecule has 0 saturated carbocycles. The number of allylic oxidation sites excluding steroid dienone is 6. The molecule has 2 nitrogen and oxygen atoms in total. The maximum atomic E-state index is 10.3. The number of carbonyl (C=O) groups is 1. The van der Waals surface area contributed by atoms with Crippen LogP contribution in [0.4, 0.5) is 0 Å². The summed E-state index contributed by atoms with van der Waals surface area (Å²) in [5.74, 6) is -0.678. The van der Waals surface area contributed by atoms with Gasteiger partial charge in [-0.2, -0.15) is 0 Å². The molecule has 0 fully saturated rings. The molecule has 0 atom stereocenters. The minimum atomic E-state index is -0.678. The van der Waals surface area contributed by atoms with Crippen LogP contribution in [0.5, 0.6) is 0 Å². The van der Waals surface area contributed by atoms with Crippen molar-refractivity contribution in [3.05, 3.63) is 36.5 Å². The maximum Gasteiger partial charge on any atom is 0.303 e. The molecule has 0 unspecified atom stereocenters. The van der Waals surface area contributed by atoms with E-state index < -0.39 is 5.97 Å². The second-order valence-electron chi connectivity index (χ2n) is 5.72. The fourth-order valence-electron chi connectivity index (χ4n) is 2.15. The van der Waals surface area contributed by atoms with E-state index >= 15 is 0 Å². The quantitative estimate of drug-likeness (QED) is 0.279. The lowest BCUT2D eigenvalue weighted by Gasteiger charge is -1.96. The van der Waals surface area contributed by atoms with Crippen molar-refractivity contribution < 1.29 is 9.90 Å². The Bertz CT molecular complexity index is 327. The van der Waals surface area contributed by atoms with Crippen LogP contribution < -0.4 is 0 Å². The molecule has 0 aliphatic carbocycles. The summed E-state index contributed by atoms with van der Waals surface area (Å²) in [6, 6.07) is 0. The van der Waals surface area contributed by atoms with E-state index in [1.165, 1.54) is 25.7 Å². The molecule has 0 saturated heterocycles. The highest BCUT2D eigenvalue weighted by Crippen LogP contribution is 2.06. The van der Waals surface area contributed by atoms with Crippen molar-refractivity contribution >= 4 is 5.97 Å². The van der Waals surface area contributed by atoms with Gasteiger partial charge in [0.1, 0.15) is 0 Å². The van der Waals surface area contributed by atoms with Crippen LogP contribution in [-0.2, 0) is 4.79 Å². The van der Waals surface area contributed by atoms with Gasteiger partial charge in [-0.1, -0.05) is 69.1 Å². The predicted octanol–water partition coefficient (Wildman–Crippen LogP) is 6.44. The SMILES string of the molecule is CCCCC=CCCC=CCC=CCCCCCCC(=O)O. The van der Waals surface area contributed by atoms with E-state index in [-0.39, 0.29) is 0 Å². The third kappa shape index (κ3) is 18.7. The molecule has 0 aliphatic rings. The van der Waals surface area contributed by atoms with Crippen LogP contribution in [0.15, 0.2) is 36.5 Å². The Hall–Kier alpha value is -1.31. The summed E-state index contributed by atoms with van der Waals surface area (Å²) in [5, 5.41) is 8.52. The Labute approximate surface area is 137 Å². The summed E-state index contributed by atoms with van der Waals surface area (Å²) in [5.41, 5.74) is 0. The van der Waals surface area contributed by atoms with Gasteiger partial charge in [0.25, 0.3) is 0 Å². The Morgan fingerprint density at radius 3 is 1.95 bits per heavy atom. The van der Waals surface area contributed by atoms with Crippen molar-refractivity contribution in [2.45, 2.75) is 84.0 Å². The highest BCUT2D eigenvalue weighted by molar-refractivity contribution is 5.66. The molecule has 0 heterocycles. The molecule has 0 bridgehead atoms. The van der Waals surface area contributed by atoms with Crippen molar-refractivity contribution in [2.75, 3.05) is 0 Å². The lowest BCUT2D eigenvalue weighted by Crippen LogP contribution is -1.93. The van der Waals surface area contributed by atoms with Gasteiger partial charge in [0.05, 0.1) is 0 Å². The average Bonchev–Trinajstić information content (AvgIpc) is 2.50. The number of rotatable bonds is 15. The normalized spacial score (nSPS) is 12.0. The molecule has 0 aliphatic heterocycles. The van der Waals surface area contributed by atoms with E-state index in [2.05, 4.69) is 43.4 Å². The fourth-order valence-corrected chi connectivity index (χ4v) is 2.15. The van der Waals surface area contributed by atoms with Crippen LogP contribution >= 0.6 is 0 Å². The molecule has 0 aromatic carbocycles. The standard InChI is InChI=1S/C20H34O2/c1-2-3-4-5-6-7-8-9-10-11-12-13-14-15-16-17-18-19-20(21)22/h5-6,9-10,12-13H,2-4,7-8,11,14-19H2,1H3,(H,21,22). The minimum absolute atomic E-state index is 0.314. The highest BCUT2D eigenvalue weighted by atomic mass is 16.4. The molecule has 0 aromatic rings. The van der Waals surface area contributed by atoms with Crippen molar-refractivity contribution in [2.24, 2.45) is 0 Å².